The lowest BCUT2D eigenvalue weighted by Crippen LogP contribution is -2.11. The molecule has 0 N–H and O–H groups in total. The van der Waals surface area contributed by atoms with E-state index in [-0.39, 0.29) is 5.43 Å². The van der Waals surface area contributed by atoms with Crippen molar-refractivity contribution < 1.29 is 4.42 Å². The Balaban J connectivity index is 1.37. The molecule has 7 rings (SSSR count). The molecule has 0 fully saturated rings. The highest BCUT2D eigenvalue weighted by Gasteiger charge is 2.17. The maximum absolute atomic E-state index is 13.9. The van der Waals surface area contributed by atoms with Gasteiger partial charge in [-0.25, -0.2) is 0 Å². The van der Waals surface area contributed by atoms with Crippen LogP contribution in [0.1, 0.15) is 0 Å². The molecule has 1 aromatic heterocycles. The first-order valence-corrected chi connectivity index (χ1v) is 13.6. The molecular formula is C37H26N2O2. The molecule has 0 radical (unpaired) electrons. The Kier molecular flexibility index (Phi) is 6.26. The fourth-order valence-corrected chi connectivity index (χ4v) is 5.31. The summed E-state index contributed by atoms with van der Waals surface area (Å²) in [7, 11) is 0. The lowest BCUT2D eigenvalue weighted by atomic mass is 10.1. The molecule has 41 heavy (non-hydrogen) atoms. The zero-order chi connectivity index (χ0) is 27.6. The average Bonchev–Trinajstić information content (AvgIpc) is 3.04. The van der Waals surface area contributed by atoms with Crippen LogP contribution in [-0.2, 0) is 0 Å². The van der Waals surface area contributed by atoms with Crippen molar-refractivity contribution in [3.8, 4) is 0 Å². The second-order valence-corrected chi connectivity index (χ2v) is 9.81. The van der Waals surface area contributed by atoms with Crippen molar-refractivity contribution in [1.29, 1.82) is 0 Å². The molecule has 1 heterocycles. The zero-order valence-electron chi connectivity index (χ0n) is 22.2. The lowest BCUT2D eigenvalue weighted by Gasteiger charge is -2.26. The molecule has 0 atom stereocenters. The van der Waals surface area contributed by atoms with Crippen molar-refractivity contribution >= 4 is 56.1 Å². The van der Waals surface area contributed by atoms with Crippen LogP contribution in [0.2, 0.25) is 0 Å². The molecule has 0 aliphatic heterocycles. The summed E-state index contributed by atoms with van der Waals surface area (Å²) in [4.78, 5) is 18.2. The zero-order valence-corrected chi connectivity index (χ0v) is 22.2. The van der Waals surface area contributed by atoms with Gasteiger partial charge in [0.2, 0.25) is 5.43 Å². The minimum atomic E-state index is -0.0540. The fourth-order valence-electron chi connectivity index (χ4n) is 5.31. The van der Waals surface area contributed by atoms with E-state index in [0.717, 1.165) is 34.1 Å². The van der Waals surface area contributed by atoms with Crippen LogP contribution in [0.25, 0.3) is 21.9 Å². The minimum absolute atomic E-state index is 0.0540. The number of fused-ring (bicyclic) bond motifs is 2. The van der Waals surface area contributed by atoms with E-state index in [9.17, 15) is 4.79 Å². The minimum Gasteiger partial charge on any atom is -0.456 e. The lowest BCUT2D eigenvalue weighted by molar-refractivity contribution is 0.660. The molecule has 196 valence electrons. The number of benzene rings is 6. The predicted molar refractivity (Wildman–Crippen MR) is 169 cm³/mol. The number of hydrogen-bond donors (Lipinski definition) is 0. The van der Waals surface area contributed by atoms with Crippen LogP contribution in [0.15, 0.2) is 167 Å². The van der Waals surface area contributed by atoms with Gasteiger partial charge in [-0.2, -0.15) is 0 Å². The van der Waals surface area contributed by atoms with Crippen molar-refractivity contribution in [1.82, 2.24) is 0 Å². The molecule has 4 heteroatoms. The van der Waals surface area contributed by atoms with Crippen molar-refractivity contribution in [3.05, 3.63) is 168 Å². The number of nitrogens with zero attached hydrogens (tertiary/aromatic N) is 2. The normalized spacial score (nSPS) is 11.0. The maximum atomic E-state index is 13.9. The summed E-state index contributed by atoms with van der Waals surface area (Å²) in [6.07, 6.45) is 0. The van der Waals surface area contributed by atoms with E-state index in [2.05, 4.69) is 58.3 Å². The summed E-state index contributed by atoms with van der Waals surface area (Å²) in [5, 5.41) is 1.09. The number of rotatable bonds is 6. The molecule has 0 amide bonds. The third kappa shape index (κ3) is 4.62. The highest BCUT2D eigenvalue weighted by Crippen LogP contribution is 2.38. The van der Waals surface area contributed by atoms with Crippen LogP contribution in [0.3, 0.4) is 0 Å². The van der Waals surface area contributed by atoms with Gasteiger partial charge in [-0.05, 0) is 78.9 Å². The van der Waals surface area contributed by atoms with Gasteiger partial charge in [-0.15, -0.1) is 0 Å². The summed E-state index contributed by atoms with van der Waals surface area (Å²) >= 11 is 0. The van der Waals surface area contributed by atoms with Crippen LogP contribution in [0.5, 0.6) is 0 Å². The Labute approximate surface area is 238 Å². The molecule has 0 aliphatic carbocycles. The van der Waals surface area contributed by atoms with Crippen LogP contribution >= 0.6 is 0 Å². The summed E-state index contributed by atoms with van der Waals surface area (Å²) in [6, 6.07) is 52.3. The molecule has 0 saturated heterocycles. The molecule has 0 aliphatic rings. The van der Waals surface area contributed by atoms with Crippen LogP contribution in [0, 0.1) is 0 Å². The monoisotopic (exact) mass is 530 g/mol. The SMILES string of the molecule is O=c1c2ccc(N(c3ccccc3)c3ccccc3)cc2oc2ccc(N(c3ccccc3)c3ccccc3)cc12. The Morgan fingerprint density at radius 1 is 0.366 bits per heavy atom. The third-order valence-electron chi connectivity index (χ3n) is 7.21. The summed E-state index contributed by atoms with van der Waals surface area (Å²) in [6.45, 7) is 0. The predicted octanol–water partition coefficient (Wildman–Crippen LogP) is 9.89. The van der Waals surface area contributed by atoms with Crippen molar-refractivity contribution in [2.45, 2.75) is 0 Å². The molecule has 0 unspecified atom stereocenters. The second kappa shape index (κ2) is 10.5. The van der Waals surface area contributed by atoms with E-state index in [0.29, 0.717) is 21.9 Å². The van der Waals surface area contributed by atoms with E-state index in [1.807, 2.05) is 109 Å². The molecule has 4 nitrogen and oxygen atoms in total. The van der Waals surface area contributed by atoms with Crippen LogP contribution in [-0.4, -0.2) is 0 Å². The first-order chi connectivity index (χ1) is 20.3. The first kappa shape index (κ1) is 24.4. The highest BCUT2D eigenvalue weighted by molar-refractivity contribution is 5.95. The number of para-hydroxylation sites is 4. The van der Waals surface area contributed by atoms with Gasteiger partial charge in [-0.3, -0.25) is 4.79 Å². The highest BCUT2D eigenvalue weighted by atomic mass is 16.3. The van der Waals surface area contributed by atoms with Gasteiger partial charge in [0.15, 0.2) is 0 Å². The van der Waals surface area contributed by atoms with Gasteiger partial charge < -0.3 is 14.2 Å². The molecule has 6 aromatic carbocycles. The molecule has 0 bridgehead atoms. The molecule has 0 saturated carbocycles. The number of hydrogen-bond acceptors (Lipinski definition) is 4. The maximum Gasteiger partial charge on any atom is 0.200 e. The van der Waals surface area contributed by atoms with Crippen molar-refractivity contribution in [3.63, 3.8) is 0 Å². The standard InChI is InChI=1S/C37H26N2O2/c40-37-33-23-21-32(39(29-17-9-3-10-18-29)30-19-11-4-12-20-30)26-36(33)41-35-24-22-31(25-34(35)37)38(27-13-5-1-6-14-27)28-15-7-2-8-16-28/h1-26H. The van der Waals surface area contributed by atoms with E-state index in [1.165, 1.54) is 0 Å². The van der Waals surface area contributed by atoms with Crippen molar-refractivity contribution in [2.24, 2.45) is 0 Å². The summed E-state index contributed by atoms with van der Waals surface area (Å²) in [5.74, 6) is 0. The van der Waals surface area contributed by atoms with E-state index in [4.69, 9.17) is 4.42 Å². The third-order valence-corrected chi connectivity index (χ3v) is 7.21. The van der Waals surface area contributed by atoms with E-state index < -0.39 is 0 Å². The van der Waals surface area contributed by atoms with E-state index in [1.54, 1.807) is 0 Å². The van der Waals surface area contributed by atoms with Crippen LogP contribution < -0.4 is 15.2 Å². The average molecular weight is 531 g/mol. The van der Waals surface area contributed by atoms with Gasteiger partial charge in [0.05, 0.1) is 10.8 Å². The Bertz CT molecular complexity index is 1930. The molecular weight excluding hydrogens is 504 g/mol. The van der Waals surface area contributed by atoms with Crippen molar-refractivity contribution in [2.75, 3.05) is 9.80 Å². The van der Waals surface area contributed by atoms with E-state index >= 15 is 0 Å². The van der Waals surface area contributed by atoms with Gasteiger partial charge in [-0.1, -0.05) is 72.8 Å². The second-order valence-electron chi connectivity index (χ2n) is 9.81. The summed E-state index contributed by atoms with van der Waals surface area (Å²) in [5.41, 5.74) is 6.90. The van der Waals surface area contributed by atoms with Gasteiger partial charge >= 0.3 is 0 Å². The van der Waals surface area contributed by atoms with Gasteiger partial charge in [0.1, 0.15) is 11.2 Å². The number of anilines is 6. The largest absolute Gasteiger partial charge is 0.456 e. The molecule has 0 spiro atoms. The molecule has 7 aromatic rings. The smallest absolute Gasteiger partial charge is 0.200 e. The Morgan fingerprint density at radius 2 is 0.780 bits per heavy atom. The first-order valence-electron chi connectivity index (χ1n) is 13.6. The topological polar surface area (TPSA) is 36.7 Å². The van der Waals surface area contributed by atoms with Gasteiger partial charge in [0, 0.05) is 40.2 Å². The summed E-state index contributed by atoms with van der Waals surface area (Å²) < 4.78 is 6.39. The Morgan fingerprint density at radius 3 is 1.24 bits per heavy atom. The quantitative estimate of drug-likeness (QED) is 0.201. The fraction of sp³-hybridized carbons (Fsp3) is 0. The van der Waals surface area contributed by atoms with Crippen LogP contribution in [0.4, 0.5) is 34.1 Å². The van der Waals surface area contributed by atoms with Gasteiger partial charge in [0.25, 0.3) is 0 Å². The Hall–Kier alpha value is -5.61.